The first-order valence-corrected chi connectivity index (χ1v) is 17.7. The minimum atomic E-state index is -0.682. The molecule has 0 spiro atoms. The summed E-state index contributed by atoms with van der Waals surface area (Å²) in [7, 11) is 0. The van der Waals surface area contributed by atoms with Gasteiger partial charge in [-0.25, -0.2) is 0 Å². The molecule has 2 N–H and O–H groups in total. The average molecular weight is 605 g/mol. The highest BCUT2D eigenvalue weighted by atomic mass is 16.3. The van der Waals surface area contributed by atoms with Crippen molar-refractivity contribution in [2.24, 2.45) is 69.0 Å². The second-order valence-corrected chi connectivity index (χ2v) is 17.3. The molecule has 0 aromatic rings. The molecule has 8 aliphatic carbocycles. The van der Waals surface area contributed by atoms with E-state index in [1.807, 2.05) is 19.9 Å². The van der Waals surface area contributed by atoms with Crippen molar-refractivity contribution in [1.82, 2.24) is 0 Å². The second kappa shape index (κ2) is 10.2. The molecule has 44 heavy (non-hydrogen) atoms. The predicted octanol–water partition coefficient (Wildman–Crippen LogP) is 6.74. The summed E-state index contributed by atoms with van der Waals surface area (Å²) in [6.45, 7) is 8.68. The summed E-state index contributed by atoms with van der Waals surface area (Å²) in [4.78, 5) is 49.9. The molecule has 6 heteroatoms. The Morgan fingerprint density at radius 3 is 2.09 bits per heavy atom. The number of fused-ring (bicyclic) bond motifs is 10. The number of hydrogen-bond acceptors (Lipinski definition) is 6. The lowest BCUT2D eigenvalue weighted by molar-refractivity contribution is -0.169. The zero-order chi connectivity index (χ0) is 31.4. The second-order valence-electron chi connectivity index (χ2n) is 17.3. The molecule has 0 bridgehead atoms. The number of hydrogen-bond donors (Lipinski definition) is 2. The van der Waals surface area contributed by atoms with E-state index in [4.69, 9.17) is 0 Å². The van der Waals surface area contributed by atoms with Gasteiger partial charge >= 0.3 is 0 Å². The van der Waals surface area contributed by atoms with Crippen LogP contribution in [0, 0.1) is 69.0 Å². The number of aliphatic hydroxyl groups excluding tert-OH is 2. The molecular weight excluding hydrogens is 552 g/mol. The lowest BCUT2D eigenvalue weighted by Crippen LogP contribution is -2.61. The van der Waals surface area contributed by atoms with Crippen molar-refractivity contribution in [2.45, 2.75) is 117 Å². The molecule has 6 nitrogen and oxygen atoms in total. The van der Waals surface area contributed by atoms with E-state index in [9.17, 15) is 29.4 Å². The van der Waals surface area contributed by atoms with Crippen LogP contribution in [0.4, 0.5) is 0 Å². The molecule has 6 saturated carbocycles. The highest BCUT2D eigenvalue weighted by molar-refractivity contribution is 6.44. The molecule has 240 valence electrons. The van der Waals surface area contributed by atoms with Gasteiger partial charge < -0.3 is 10.2 Å². The van der Waals surface area contributed by atoms with Gasteiger partial charge in [-0.05, 0) is 123 Å². The number of Topliss-reactive ketones (excluding diaryl/α,β-unsaturated/α-hetero) is 2. The van der Waals surface area contributed by atoms with Gasteiger partial charge in [-0.15, -0.1) is 0 Å². The van der Waals surface area contributed by atoms with Crippen LogP contribution < -0.4 is 0 Å². The Kier molecular flexibility index (Phi) is 7.09. The maximum atomic E-state index is 12.8. The normalized spacial score (nSPS) is 52.4. The number of carbonyl (C=O) groups excluding carboxylic acids is 4. The van der Waals surface area contributed by atoms with Crippen molar-refractivity contribution in [3.63, 3.8) is 0 Å². The molecule has 13 atom stereocenters. The molecule has 8 aliphatic rings. The van der Waals surface area contributed by atoms with E-state index >= 15 is 0 Å². The van der Waals surface area contributed by atoms with Crippen LogP contribution in [0.5, 0.6) is 0 Å². The zero-order valence-corrected chi connectivity index (χ0v) is 27.1. The van der Waals surface area contributed by atoms with Gasteiger partial charge in [0.2, 0.25) is 17.3 Å². The number of carbonyl (C=O) groups is 4. The van der Waals surface area contributed by atoms with Crippen LogP contribution in [-0.2, 0) is 19.2 Å². The van der Waals surface area contributed by atoms with Gasteiger partial charge in [0.15, 0.2) is 11.5 Å². The Bertz CT molecular complexity index is 1340. The minimum absolute atomic E-state index is 0.0298. The molecule has 0 radical (unpaired) electrons. The van der Waals surface area contributed by atoms with Gasteiger partial charge in [0.05, 0.1) is 6.10 Å². The monoisotopic (exact) mass is 604 g/mol. The summed E-state index contributed by atoms with van der Waals surface area (Å²) in [6.07, 6.45) is 18.7. The molecule has 8 rings (SSSR count). The molecule has 0 aliphatic heterocycles. The van der Waals surface area contributed by atoms with Crippen LogP contribution in [0.3, 0.4) is 0 Å². The lowest BCUT2D eigenvalue weighted by atomic mass is 9.45. The standard InChI is InChI=1S/2C19H26O3/c1-18-9-3-4-13(18)12-7-5-11-6-8-14(20)17(22)19(11,2)16(12)15(21)10-18;1-18-8-3-4-12(18)11-5-6-14-15(20)10-16(21)17(22)19(14,2)13(11)7-9-18/h6,8,11-13,15-16,21H,3-5,7,9-10H2,1-2H3;10-14,21H,3-9H2,1-2H3/t11?,12-,13-,15-,16+,18-,19-;11-,12-,13-,14?,18-,19+/m00/s1. The van der Waals surface area contributed by atoms with E-state index in [-0.39, 0.29) is 58.0 Å². The zero-order valence-electron chi connectivity index (χ0n) is 27.1. The van der Waals surface area contributed by atoms with Crippen molar-refractivity contribution in [1.29, 1.82) is 0 Å². The molecule has 0 aromatic carbocycles. The SMILES string of the molecule is C[C@@]12CCC[C@H]1[C@@H]1CCC3C(=O)C=C(O)C(=O)[C@]3(C)[C@H]1CC2.C[C@@]12CCC[C@H]1[C@@H]1CCC3C=CC(=O)C(=O)[C@]3(C)[C@H]1[C@@H](O)C2. The summed E-state index contributed by atoms with van der Waals surface area (Å²) < 4.78 is 0. The molecule has 0 aromatic heterocycles. The van der Waals surface area contributed by atoms with Gasteiger partial charge in [0.1, 0.15) is 0 Å². The largest absolute Gasteiger partial charge is 0.504 e. The third-order valence-corrected chi connectivity index (χ3v) is 15.5. The Morgan fingerprint density at radius 2 is 1.36 bits per heavy atom. The van der Waals surface area contributed by atoms with Crippen molar-refractivity contribution in [3.05, 3.63) is 24.0 Å². The molecule has 2 unspecified atom stereocenters. The number of rotatable bonds is 0. The van der Waals surface area contributed by atoms with Crippen LogP contribution in [0.25, 0.3) is 0 Å². The Hall–Kier alpha value is -2.08. The Labute approximate surface area is 262 Å². The highest BCUT2D eigenvalue weighted by Crippen LogP contribution is 2.66. The first-order valence-electron chi connectivity index (χ1n) is 17.7. The van der Waals surface area contributed by atoms with E-state index in [1.165, 1.54) is 57.1 Å². The quantitative estimate of drug-likeness (QED) is 0.296. The van der Waals surface area contributed by atoms with Gasteiger partial charge in [0.25, 0.3) is 0 Å². The molecule has 6 fully saturated rings. The van der Waals surface area contributed by atoms with Gasteiger partial charge in [-0.3, -0.25) is 19.2 Å². The van der Waals surface area contributed by atoms with Gasteiger partial charge in [0, 0.05) is 28.7 Å². The van der Waals surface area contributed by atoms with Crippen molar-refractivity contribution in [2.75, 3.05) is 0 Å². The fourth-order valence-corrected chi connectivity index (χ4v) is 13.4. The van der Waals surface area contributed by atoms with Crippen LogP contribution >= 0.6 is 0 Å². The van der Waals surface area contributed by atoms with Crippen molar-refractivity contribution in [3.8, 4) is 0 Å². The Balaban J connectivity index is 0.000000142. The van der Waals surface area contributed by atoms with Crippen LogP contribution in [0.15, 0.2) is 24.0 Å². The third-order valence-electron chi connectivity index (χ3n) is 15.5. The average Bonchev–Trinajstić information content (AvgIpc) is 3.57. The summed E-state index contributed by atoms with van der Waals surface area (Å²) in [5.74, 6) is 1.32. The summed E-state index contributed by atoms with van der Waals surface area (Å²) in [5.41, 5.74) is -0.661. The summed E-state index contributed by atoms with van der Waals surface area (Å²) >= 11 is 0. The fraction of sp³-hybridized carbons (Fsp3) is 0.789. The van der Waals surface area contributed by atoms with Gasteiger partial charge in [-0.2, -0.15) is 0 Å². The molecule has 0 amide bonds. The number of aliphatic hydroxyl groups is 2. The van der Waals surface area contributed by atoms with E-state index in [0.29, 0.717) is 29.1 Å². The molecule has 0 saturated heterocycles. The third kappa shape index (κ3) is 4.07. The first kappa shape index (κ1) is 30.6. The number of allylic oxidation sites excluding steroid dienone is 4. The predicted molar refractivity (Wildman–Crippen MR) is 166 cm³/mol. The minimum Gasteiger partial charge on any atom is -0.504 e. The van der Waals surface area contributed by atoms with E-state index in [1.54, 1.807) is 0 Å². The first-order chi connectivity index (χ1) is 20.8. The number of ketones is 4. The van der Waals surface area contributed by atoms with Crippen LogP contribution in [0.2, 0.25) is 0 Å². The maximum Gasteiger partial charge on any atom is 0.221 e. The highest BCUT2D eigenvalue weighted by Gasteiger charge is 2.64. The summed E-state index contributed by atoms with van der Waals surface area (Å²) in [5, 5.41) is 20.9. The smallest absolute Gasteiger partial charge is 0.221 e. The van der Waals surface area contributed by atoms with Crippen LogP contribution in [-0.4, -0.2) is 39.5 Å². The summed E-state index contributed by atoms with van der Waals surface area (Å²) in [6, 6.07) is 0. The fourth-order valence-electron chi connectivity index (χ4n) is 13.4. The van der Waals surface area contributed by atoms with E-state index in [0.717, 1.165) is 38.5 Å². The van der Waals surface area contributed by atoms with Crippen LogP contribution in [0.1, 0.15) is 111 Å². The van der Waals surface area contributed by atoms with Gasteiger partial charge in [-0.1, -0.05) is 46.6 Å². The topological polar surface area (TPSA) is 109 Å². The lowest BCUT2D eigenvalue weighted by Gasteiger charge is -2.59. The van der Waals surface area contributed by atoms with Crippen molar-refractivity contribution < 1.29 is 29.4 Å². The Morgan fingerprint density at radius 1 is 0.705 bits per heavy atom. The van der Waals surface area contributed by atoms with E-state index < -0.39 is 16.9 Å². The van der Waals surface area contributed by atoms with Crippen molar-refractivity contribution >= 4 is 23.1 Å². The maximum absolute atomic E-state index is 12.8. The van der Waals surface area contributed by atoms with E-state index in [2.05, 4.69) is 13.8 Å². The molecular formula is C38H52O6. The molecule has 0 heterocycles.